The van der Waals surface area contributed by atoms with Crippen molar-refractivity contribution in [3.8, 4) is 5.75 Å². The van der Waals surface area contributed by atoms with Crippen molar-refractivity contribution in [1.82, 2.24) is 5.16 Å². The summed E-state index contributed by atoms with van der Waals surface area (Å²) in [6, 6.07) is 10.8. The highest BCUT2D eigenvalue weighted by atomic mass is 16.5. The molecule has 88 valence electrons. The molecule has 0 aliphatic carbocycles. The predicted molar refractivity (Wildman–Crippen MR) is 61.8 cm³/mol. The quantitative estimate of drug-likeness (QED) is 0.875. The van der Waals surface area contributed by atoms with E-state index in [-0.39, 0.29) is 12.5 Å². The number of ether oxygens (including phenoxy) is 1. The lowest BCUT2D eigenvalue weighted by Gasteiger charge is -2.04. The molecule has 2 rings (SSSR count). The summed E-state index contributed by atoms with van der Waals surface area (Å²) in [6.45, 7) is 1.69. The second-order valence-corrected chi connectivity index (χ2v) is 3.47. The van der Waals surface area contributed by atoms with E-state index in [0.29, 0.717) is 17.3 Å². The number of aromatic nitrogens is 1. The number of hydrogen-bond acceptors (Lipinski definition) is 4. The van der Waals surface area contributed by atoms with Crippen molar-refractivity contribution in [2.45, 2.75) is 6.92 Å². The molecule has 2 aromatic rings. The van der Waals surface area contributed by atoms with Gasteiger partial charge in [0.25, 0.3) is 5.91 Å². The van der Waals surface area contributed by atoms with Gasteiger partial charge >= 0.3 is 0 Å². The molecule has 5 heteroatoms. The first kappa shape index (κ1) is 11.2. The molecule has 0 fully saturated rings. The van der Waals surface area contributed by atoms with Gasteiger partial charge in [0.1, 0.15) is 11.5 Å². The number of aryl methyl sites for hydroxylation is 1. The molecule has 1 aromatic heterocycles. The average molecular weight is 232 g/mol. The molecule has 0 atom stereocenters. The third kappa shape index (κ3) is 3.34. The molecule has 17 heavy (non-hydrogen) atoms. The minimum Gasteiger partial charge on any atom is -0.484 e. The van der Waals surface area contributed by atoms with Gasteiger partial charge in [-0.05, 0) is 19.1 Å². The van der Waals surface area contributed by atoms with Crippen LogP contribution in [0.2, 0.25) is 0 Å². The lowest BCUT2D eigenvalue weighted by molar-refractivity contribution is -0.118. The topological polar surface area (TPSA) is 64.4 Å². The molecule has 0 radical (unpaired) electrons. The van der Waals surface area contributed by atoms with Gasteiger partial charge in [0, 0.05) is 6.07 Å². The highest BCUT2D eigenvalue weighted by Crippen LogP contribution is 2.09. The summed E-state index contributed by atoms with van der Waals surface area (Å²) in [5.41, 5.74) is 0. The number of para-hydroxylation sites is 1. The van der Waals surface area contributed by atoms with Crippen molar-refractivity contribution in [3.63, 3.8) is 0 Å². The molecule has 1 N–H and O–H groups in total. The number of amides is 1. The van der Waals surface area contributed by atoms with Crippen LogP contribution in [0.5, 0.6) is 5.75 Å². The first-order chi connectivity index (χ1) is 8.24. The van der Waals surface area contributed by atoms with Gasteiger partial charge in [0.15, 0.2) is 12.4 Å². The highest BCUT2D eigenvalue weighted by molar-refractivity contribution is 5.90. The molecule has 1 amide bonds. The summed E-state index contributed by atoms with van der Waals surface area (Å²) in [5, 5.41) is 6.21. The molecule has 0 aliphatic rings. The van der Waals surface area contributed by atoms with E-state index in [2.05, 4.69) is 10.5 Å². The maximum atomic E-state index is 11.5. The predicted octanol–water partition coefficient (Wildman–Crippen LogP) is 2.00. The van der Waals surface area contributed by atoms with E-state index < -0.39 is 0 Å². The summed E-state index contributed by atoms with van der Waals surface area (Å²) in [5.74, 6) is 1.41. The van der Waals surface area contributed by atoms with Crippen molar-refractivity contribution in [2.75, 3.05) is 11.9 Å². The lowest BCUT2D eigenvalue weighted by atomic mass is 10.3. The largest absolute Gasteiger partial charge is 0.484 e. The highest BCUT2D eigenvalue weighted by Gasteiger charge is 2.06. The van der Waals surface area contributed by atoms with Gasteiger partial charge in [0.2, 0.25) is 0 Å². The zero-order valence-electron chi connectivity index (χ0n) is 9.34. The Morgan fingerprint density at radius 3 is 2.82 bits per heavy atom. The normalized spacial score (nSPS) is 9.94. The number of rotatable bonds is 4. The smallest absolute Gasteiger partial charge is 0.263 e. The fourth-order valence-corrected chi connectivity index (χ4v) is 1.27. The van der Waals surface area contributed by atoms with Crippen LogP contribution < -0.4 is 10.1 Å². The molecular weight excluding hydrogens is 220 g/mol. The SMILES string of the molecule is Cc1cc(NC(=O)COc2ccccc2)no1. The summed E-state index contributed by atoms with van der Waals surface area (Å²) in [6.07, 6.45) is 0. The van der Waals surface area contributed by atoms with Crippen LogP contribution in [0.4, 0.5) is 5.82 Å². The van der Waals surface area contributed by atoms with Gasteiger partial charge in [-0.3, -0.25) is 4.79 Å². The van der Waals surface area contributed by atoms with Crippen LogP contribution in [0.25, 0.3) is 0 Å². The van der Waals surface area contributed by atoms with Crippen molar-refractivity contribution in [3.05, 3.63) is 42.2 Å². The van der Waals surface area contributed by atoms with Crippen LogP contribution >= 0.6 is 0 Å². The molecule has 1 aromatic carbocycles. The minimum absolute atomic E-state index is 0.0596. The molecule has 0 spiro atoms. The third-order valence-electron chi connectivity index (χ3n) is 2.01. The third-order valence-corrected chi connectivity index (χ3v) is 2.01. The first-order valence-electron chi connectivity index (χ1n) is 5.15. The van der Waals surface area contributed by atoms with Crippen LogP contribution in [0.1, 0.15) is 5.76 Å². The number of benzene rings is 1. The Balaban J connectivity index is 1.82. The molecule has 5 nitrogen and oxygen atoms in total. The van der Waals surface area contributed by atoms with Gasteiger partial charge < -0.3 is 14.6 Å². The Morgan fingerprint density at radius 2 is 2.18 bits per heavy atom. The standard InChI is InChI=1S/C12H12N2O3/c1-9-7-11(14-17-9)13-12(15)8-16-10-5-3-2-4-6-10/h2-7H,8H2,1H3,(H,13,14,15). The summed E-state index contributed by atoms with van der Waals surface area (Å²) in [4.78, 5) is 11.5. The molecule has 1 heterocycles. The van der Waals surface area contributed by atoms with Crippen LogP contribution in [0.3, 0.4) is 0 Å². The van der Waals surface area contributed by atoms with E-state index in [1.54, 1.807) is 25.1 Å². The van der Waals surface area contributed by atoms with Crippen LogP contribution in [-0.2, 0) is 4.79 Å². The monoisotopic (exact) mass is 232 g/mol. The maximum Gasteiger partial charge on any atom is 0.263 e. The first-order valence-corrected chi connectivity index (χ1v) is 5.15. The Morgan fingerprint density at radius 1 is 1.41 bits per heavy atom. The van der Waals surface area contributed by atoms with Crippen molar-refractivity contribution in [2.24, 2.45) is 0 Å². The summed E-state index contributed by atoms with van der Waals surface area (Å²) < 4.78 is 10.1. The Kier molecular flexibility index (Phi) is 3.40. The van der Waals surface area contributed by atoms with Crippen LogP contribution in [0.15, 0.2) is 40.9 Å². The lowest BCUT2D eigenvalue weighted by Crippen LogP contribution is -2.20. The molecule has 0 bridgehead atoms. The second kappa shape index (κ2) is 5.16. The molecule has 0 unspecified atom stereocenters. The Labute approximate surface area is 98.4 Å². The van der Waals surface area contributed by atoms with E-state index in [1.807, 2.05) is 18.2 Å². The minimum atomic E-state index is -0.276. The number of carbonyl (C=O) groups excluding carboxylic acids is 1. The van der Waals surface area contributed by atoms with Gasteiger partial charge in [-0.15, -0.1) is 0 Å². The van der Waals surface area contributed by atoms with E-state index in [4.69, 9.17) is 9.26 Å². The van der Waals surface area contributed by atoms with E-state index >= 15 is 0 Å². The summed E-state index contributed by atoms with van der Waals surface area (Å²) in [7, 11) is 0. The fraction of sp³-hybridized carbons (Fsp3) is 0.167. The molecular formula is C12H12N2O3. The van der Waals surface area contributed by atoms with E-state index in [1.165, 1.54) is 0 Å². The van der Waals surface area contributed by atoms with E-state index in [9.17, 15) is 4.79 Å². The molecule has 0 saturated carbocycles. The fourth-order valence-electron chi connectivity index (χ4n) is 1.27. The van der Waals surface area contributed by atoms with Gasteiger partial charge in [-0.1, -0.05) is 23.4 Å². The number of hydrogen-bond donors (Lipinski definition) is 1. The van der Waals surface area contributed by atoms with Gasteiger partial charge in [-0.25, -0.2) is 0 Å². The zero-order chi connectivity index (χ0) is 12.1. The maximum absolute atomic E-state index is 11.5. The Bertz CT molecular complexity index is 493. The van der Waals surface area contributed by atoms with Gasteiger partial charge in [-0.2, -0.15) is 0 Å². The van der Waals surface area contributed by atoms with Crippen LogP contribution in [0, 0.1) is 6.92 Å². The zero-order valence-corrected chi connectivity index (χ0v) is 9.34. The second-order valence-electron chi connectivity index (χ2n) is 3.47. The number of nitrogens with zero attached hydrogens (tertiary/aromatic N) is 1. The van der Waals surface area contributed by atoms with Crippen molar-refractivity contribution < 1.29 is 14.1 Å². The number of carbonyl (C=O) groups is 1. The molecule has 0 aliphatic heterocycles. The van der Waals surface area contributed by atoms with E-state index in [0.717, 1.165) is 0 Å². The Hall–Kier alpha value is -2.30. The van der Waals surface area contributed by atoms with Crippen molar-refractivity contribution in [1.29, 1.82) is 0 Å². The average Bonchev–Trinajstić information content (AvgIpc) is 2.73. The number of anilines is 1. The summed E-state index contributed by atoms with van der Waals surface area (Å²) >= 11 is 0. The molecule has 0 saturated heterocycles. The van der Waals surface area contributed by atoms with Crippen molar-refractivity contribution >= 4 is 11.7 Å². The van der Waals surface area contributed by atoms with Crippen LogP contribution in [-0.4, -0.2) is 17.7 Å². The van der Waals surface area contributed by atoms with Gasteiger partial charge in [0.05, 0.1) is 0 Å². The number of nitrogens with one attached hydrogen (secondary N) is 1.